The predicted octanol–water partition coefficient (Wildman–Crippen LogP) is 3.72. The first-order valence-electron chi connectivity index (χ1n) is 10.9. The van der Waals surface area contributed by atoms with Gasteiger partial charge in [0.15, 0.2) is 5.96 Å². The molecule has 3 rings (SSSR count). The van der Waals surface area contributed by atoms with Crippen LogP contribution in [0.2, 0.25) is 0 Å². The monoisotopic (exact) mass is 411 g/mol. The number of rotatable bonds is 7. The molecule has 162 valence electrons. The summed E-state index contributed by atoms with van der Waals surface area (Å²) in [7, 11) is 0. The Morgan fingerprint density at radius 1 is 1.20 bits per heavy atom. The van der Waals surface area contributed by atoms with Gasteiger partial charge >= 0.3 is 0 Å². The standard InChI is InChI=1S/C24H34FN5/c1-4-26-23(28-18-24(2,3)19-8-7-9-20(25)16-19)29-21-11-14-30(15-12-21)17-22-10-5-6-13-27-22/h5-10,13,16,21H,4,11-12,14-15,17-18H2,1-3H3,(H2,26,28,29). The molecule has 2 heterocycles. The maximum Gasteiger partial charge on any atom is 0.191 e. The molecule has 0 amide bonds. The van der Waals surface area contributed by atoms with Crippen LogP contribution in [-0.4, -0.2) is 48.1 Å². The van der Waals surface area contributed by atoms with E-state index in [1.807, 2.05) is 24.4 Å². The molecule has 0 aliphatic carbocycles. The summed E-state index contributed by atoms with van der Waals surface area (Å²) in [5, 5.41) is 6.96. The van der Waals surface area contributed by atoms with E-state index in [2.05, 4.69) is 47.4 Å². The fourth-order valence-corrected chi connectivity index (χ4v) is 3.75. The van der Waals surface area contributed by atoms with Gasteiger partial charge in [0.1, 0.15) is 5.82 Å². The summed E-state index contributed by atoms with van der Waals surface area (Å²) >= 11 is 0. The molecule has 1 aromatic heterocycles. The smallest absolute Gasteiger partial charge is 0.191 e. The molecular weight excluding hydrogens is 377 g/mol. The second kappa shape index (κ2) is 10.5. The molecule has 0 atom stereocenters. The van der Waals surface area contributed by atoms with E-state index >= 15 is 0 Å². The van der Waals surface area contributed by atoms with Gasteiger partial charge in [-0.25, -0.2) is 4.39 Å². The van der Waals surface area contributed by atoms with Gasteiger partial charge in [-0.05, 0) is 49.6 Å². The highest BCUT2D eigenvalue weighted by atomic mass is 19.1. The van der Waals surface area contributed by atoms with Gasteiger partial charge in [0.25, 0.3) is 0 Å². The van der Waals surface area contributed by atoms with Crippen LogP contribution in [-0.2, 0) is 12.0 Å². The van der Waals surface area contributed by atoms with E-state index in [1.54, 1.807) is 12.1 Å². The maximum absolute atomic E-state index is 13.6. The van der Waals surface area contributed by atoms with Crippen molar-refractivity contribution >= 4 is 5.96 Å². The van der Waals surface area contributed by atoms with Crippen LogP contribution in [0.3, 0.4) is 0 Å². The first kappa shape index (κ1) is 22.2. The van der Waals surface area contributed by atoms with E-state index in [1.165, 1.54) is 6.07 Å². The molecule has 0 unspecified atom stereocenters. The van der Waals surface area contributed by atoms with Gasteiger partial charge in [-0.15, -0.1) is 0 Å². The highest BCUT2D eigenvalue weighted by Gasteiger charge is 2.23. The minimum atomic E-state index is -0.240. The molecule has 5 nitrogen and oxygen atoms in total. The van der Waals surface area contributed by atoms with Crippen molar-refractivity contribution in [3.63, 3.8) is 0 Å². The van der Waals surface area contributed by atoms with E-state index < -0.39 is 0 Å². The van der Waals surface area contributed by atoms with Crippen LogP contribution >= 0.6 is 0 Å². The van der Waals surface area contributed by atoms with Crippen LogP contribution in [0.15, 0.2) is 53.7 Å². The average Bonchev–Trinajstić information content (AvgIpc) is 2.74. The zero-order chi connectivity index (χ0) is 21.4. The van der Waals surface area contributed by atoms with Crippen molar-refractivity contribution in [3.8, 4) is 0 Å². The fourth-order valence-electron chi connectivity index (χ4n) is 3.75. The number of benzene rings is 1. The fraction of sp³-hybridized carbons (Fsp3) is 0.500. The summed E-state index contributed by atoms with van der Waals surface area (Å²) < 4.78 is 13.6. The molecule has 2 N–H and O–H groups in total. The van der Waals surface area contributed by atoms with Gasteiger partial charge in [0, 0.05) is 43.8 Å². The van der Waals surface area contributed by atoms with Crippen LogP contribution in [0.5, 0.6) is 0 Å². The molecule has 0 spiro atoms. The maximum atomic E-state index is 13.6. The quantitative estimate of drug-likeness (QED) is 0.539. The lowest BCUT2D eigenvalue weighted by atomic mass is 9.85. The lowest BCUT2D eigenvalue weighted by Crippen LogP contribution is -2.48. The van der Waals surface area contributed by atoms with Crippen LogP contribution < -0.4 is 10.6 Å². The molecule has 2 aromatic rings. The van der Waals surface area contributed by atoms with E-state index in [-0.39, 0.29) is 11.2 Å². The molecule has 0 radical (unpaired) electrons. The summed E-state index contributed by atoms with van der Waals surface area (Å²) in [6.45, 7) is 10.7. The van der Waals surface area contributed by atoms with Crippen LogP contribution in [0.1, 0.15) is 44.9 Å². The first-order chi connectivity index (χ1) is 14.5. The van der Waals surface area contributed by atoms with E-state index in [4.69, 9.17) is 4.99 Å². The third-order valence-corrected chi connectivity index (χ3v) is 5.62. The summed E-state index contributed by atoms with van der Waals surface area (Å²) in [6.07, 6.45) is 4.00. The lowest BCUT2D eigenvalue weighted by molar-refractivity contribution is 0.196. The topological polar surface area (TPSA) is 52.6 Å². The SMILES string of the molecule is CCNC(=NCC(C)(C)c1cccc(F)c1)NC1CCN(Cc2ccccn2)CC1. The van der Waals surface area contributed by atoms with Crippen molar-refractivity contribution in [2.75, 3.05) is 26.2 Å². The Hall–Kier alpha value is -2.47. The second-order valence-corrected chi connectivity index (χ2v) is 8.61. The number of pyridine rings is 1. The molecular formula is C24H34FN5. The van der Waals surface area contributed by atoms with Crippen molar-refractivity contribution < 1.29 is 4.39 Å². The Balaban J connectivity index is 1.54. The summed E-state index contributed by atoms with van der Waals surface area (Å²) in [6, 6.07) is 13.3. The molecule has 6 heteroatoms. The van der Waals surface area contributed by atoms with Gasteiger partial charge < -0.3 is 10.6 Å². The largest absolute Gasteiger partial charge is 0.357 e. The Morgan fingerprint density at radius 3 is 2.67 bits per heavy atom. The van der Waals surface area contributed by atoms with Gasteiger partial charge in [0.2, 0.25) is 0 Å². The van der Waals surface area contributed by atoms with Crippen molar-refractivity contribution in [1.82, 2.24) is 20.5 Å². The highest BCUT2D eigenvalue weighted by Crippen LogP contribution is 2.24. The average molecular weight is 412 g/mol. The van der Waals surface area contributed by atoms with Crippen molar-refractivity contribution in [2.45, 2.75) is 51.6 Å². The first-order valence-corrected chi connectivity index (χ1v) is 10.9. The van der Waals surface area contributed by atoms with Crippen molar-refractivity contribution in [3.05, 3.63) is 65.7 Å². The lowest BCUT2D eigenvalue weighted by Gasteiger charge is -2.33. The number of aliphatic imine (C=N–C) groups is 1. The normalized spacial score (nSPS) is 16.5. The molecule has 30 heavy (non-hydrogen) atoms. The van der Waals surface area contributed by atoms with E-state index in [9.17, 15) is 4.39 Å². The molecule has 0 saturated carbocycles. The number of aromatic nitrogens is 1. The third kappa shape index (κ3) is 6.52. The van der Waals surface area contributed by atoms with Crippen LogP contribution in [0.25, 0.3) is 0 Å². The molecule has 0 bridgehead atoms. The summed E-state index contributed by atoms with van der Waals surface area (Å²) in [4.78, 5) is 11.7. The minimum absolute atomic E-state index is 0.202. The van der Waals surface area contributed by atoms with Crippen LogP contribution in [0, 0.1) is 5.82 Å². The number of likely N-dealkylation sites (tertiary alicyclic amines) is 1. The molecule has 1 aliphatic rings. The van der Waals surface area contributed by atoms with E-state index in [0.29, 0.717) is 12.6 Å². The summed E-state index contributed by atoms with van der Waals surface area (Å²) in [5.74, 6) is 0.636. The number of hydrogen-bond acceptors (Lipinski definition) is 3. The zero-order valence-electron chi connectivity index (χ0n) is 18.4. The second-order valence-electron chi connectivity index (χ2n) is 8.61. The van der Waals surface area contributed by atoms with Gasteiger partial charge in [-0.1, -0.05) is 32.0 Å². The molecule has 1 aromatic carbocycles. The van der Waals surface area contributed by atoms with Crippen molar-refractivity contribution in [2.24, 2.45) is 4.99 Å². The molecule has 1 aliphatic heterocycles. The highest BCUT2D eigenvalue weighted by molar-refractivity contribution is 5.80. The number of nitrogens with zero attached hydrogens (tertiary/aromatic N) is 3. The van der Waals surface area contributed by atoms with Gasteiger partial charge in [0.05, 0.1) is 12.2 Å². The van der Waals surface area contributed by atoms with Crippen LogP contribution in [0.4, 0.5) is 4.39 Å². The Labute approximate surface area is 179 Å². The Morgan fingerprint density at radius 2 is 2.00 bits per heavy atom. The number of hydrogen-bond donors (Lipinski definition) is 2. The Bertz CT molecular complexity index is 813. The Kier molecular flexibility index (Phi) is 7.80. The van der Waals surface area contributed by atoms with E-state index in [0.717, 1.165) is 56.2 Å². The third-order valence-electron chi connectivity index (χ3n) is 5.62. The van der Waals surface area contributed by atoms with Gasteiger partial charge in [-0.3, -0.25) is 14.9 Å². The number of halogens is 1. The zero-order valence-corrected chi connectivity index (χ0v) is 18.4. The molecule has 1 saturated heterocycles. The molecule has 1 fully saturated rings. The number of piperidine rings is 1. The van der Waals surface area contributed by atoms with Crippen molar-refractivity contribution in [1.29, 1.82) is 0 Å². The predicted molar refractivity (Wildman–Crippen MR) is 121 cm³/mol. The minimum Gasteiger partial charge on any atom is -0.357 e. The number of guanidine groups is 1. The van der Waals surface area contributed by atoms with Gasteiger partial charge in [-0.2, -0.15) is 0 Å². The summed E-state index contributed by atoms with van der Waals surface area (Å²) in [5.41, 5.74) is 1.85. The number of nitrogens with one attached hydrogen (secondary N) is 2.